The molecule has 5 nitrogen and oxygen atoms in total. The van der Waals surface area contributed by atoms with Gasteiger partial charge in [0, 0.05) is 58.4 Å². The molecule has 1 aliphatic rings. The number of benzene rings is 8. The Labute approximate surface area is 331 Å². The van der Waals surface area contributed by atoms with E-state index in [1.165, 1.54) is 36.5 Å². The minimum absolute atomic E-state index is 0.507. The largest absolute Gasteiger partial charge is 0.454 e. The fourth-order valence-electron chi connectivity index (χ4n) is 8.68. The molecule has 0 spiro atoms. The maximum atomic E-state index is 6.92. The van der Waals surface area contributed by atoms with Gasteiger partial charge in [-0.2, -0.15) is 0 Å². The van der Waals surface area contributed by atoms with Gasteiger partial charge in [-0.3, -0.25) is 0 Å². The highest BCUT2D eigenvalue weighted by atomic mass is 32.1. The summed E-state index contributed by atoms with van der Waals surface area (Å²) < 4.78 is 11.9. The van der Waals surface area contributed by atoms with Crippen molar-refractivity contribution in [2.24, 2.45) is 9.98 Å². The normalized spacial score (nSPS) is 14.5. The van der Waals surface area contributed by atoms with Gasteiger partial charge in [0.05, 0.1) is 16.7 Å². The molecule has 8 aromatic carbocycles. The molecule has 0 bridgehead atoms. The van der Waals surface area contributed by atoms with E-state index in [-0.39, 0.29) is 0 Å². The summed E-state index contributed by atoms with van der Waals surface area (Å²) in [5, 5.41) is 10.7. The van der Waals surface area contributed by atoms with Crippen molar-refractivity contribution in [1.29, 1.82) is 0 Å². The second-order valence-electron chi connectivity index (χ2n) is 14.5. The van der Waals surface area contributed by atoms with Gasteiger partial charge in [0.1, 0.15) is 17.3 Å². The first-order valence-corrected chi connectivity index (χ1v) is 20.0. The minimum atomic E-state index is -0.507. The molecule has 57 heavy (non-hydrogen) atoms. The van der Waals surface area contributed by atoms with E-state index in [1.54, 1.807) is 0 Å². The van der Waals surface area contributed by atoms with E-state index in [4.69, 9.17) is 14.4 Å². The number of fused-ring (bicyclic) bond motifs is 10. The molecule has 0 amide bonds. The number of amidine groups is 2. The predicted molar refractivity (Wildman–Crippen MR) is 238 cm³/mol. The maximum Gasteiger partial charge on any atom is 0.170 e. The molecule has 0 saturated heterocycles. The van der Waals surface area contributed by atoms with Crippen LogP contribution in [-0.2, 0) is 0 Å². The molecule has 6 heteroatoms. The highest BCUT2D eigenvalue weighted by Crippen LogP contribution is 2.45. The van der Waals surface area contributed by atoms with Crippen molar-refractivity contribution in [2.75, 3.05) is 0 Å². The number of nitrogens with zero attached hydrogens (tertiary/aromatic N) is 3. The van der Waals surface area contributed by atoms with Crippen LogP contribution in [0.2, 0.25) is 0 Å². The third kappa shape index (κ3) is 5.01. The predicted octanol–water partition coefficient (Wildman–Crippen LogP) is 13.2. The lowest BCUT2D eigenvalue weighted by Crippen LogP contribution is -2.36. The Kier molecular flexibility index (Phi) is 7.09. The summed E-state index contributed by atoms with van der Waals surface area (Å²) in [6.45, 7) is 0. The Balaban J connectivity index is 1.05. The smallest absolute Gasteiger partial charge is 0.170 e. The van der Waals surface area contributed by atoms with E-state index >= 15 is 0 Å². The summed E-state index contributed by atoms with van der Waals surface area (Å²) in [4.78, 5) is 10.6. The Morgan fingerprint density at radius 3 is 1.91 bits per heavy atom. The summed E-state index contributed by atoms with van der Waals surface area (Å²) in [6, 6.07) is 64.1. The third-order valence-corrected chi connectivity index (χ3v) is 12.5. The summed E-state index contributed by atoms with van der Waals surface area (Å²) in [5.41, 5.74) is 10.3. The Morgan fingerprint density at radius 1 is 0.474 bits per heavy atom. The van der Waals surface area contributed by atoms with Gasteiger partial charge < -0.3 is 14.3 Å². The van der Waals surface area contributed by atoms with Gasteiger partial charge in [-0.1, -0.05) is 152 Å². The number of para-hydroxylation sites is 2. The van der Waals surface area contributed by atoms with Crippen LogP contribution in [0.5, 0.6) is 0 Å². The van der Waals surface area contributed by atoms with Crippen molar-refractivity contribution in [3.8, 4) is 16.8 Å². The van der Waals surface area contributed by atoms with Gasteiger partial charge in [0.25, 0.3) is 0 Å². The zero-order chi connectivity index (χ0) is 37.5. The molecule has 4 heterocycles. The molecule has 0 saturated carbocycles. The van der Waals surface area contributed by atoms with Crippen molar-refractivity contribution in [3.63, 3.8) is 0 Å². The van der Waals surface area contributed by atoms with Gasteiger partial charge in [-0.15, -0.1) is 11.3 Å². The number of thiophene rings is 1. The second-order valence-corrected chi connectivity index (χ2v) is 15.6. The van der Waals surface area contributed by atoms with Gasteiger partial charge in [-0.25, -0.2) is 9.98 Å². The Morgan fingerprint density at radius 2 is 1.11 bits per heavy atom. The Bertz CT molecular complexity index is 3430. The quantitative estimate of drug-likeness (QED) is 0.191. The van der Waals surface area contributed by atoms with Crippen LogP contribution < -0.4 is 5.32 Å². The van der Waals surface area contributed by atoms with E-state index in [1.807, 2.05) is 35.6 Å². The van der Waals surface area contributed by atoms with Gasteiger partial charge in [0.2, 0.25) is 0 Å². The first-order valence-electron chi connectivity index (χ1n) is 19.2. The van der Waals surface area contributed by atoms with Gasteiger partial charge >= 0.3 is 0 Å². The van der Waals surface area contributed by atoms with Crippen LogP contribution in [0.15, 0.2) is 196 Å². The number of aliphatic imine (C=N–C) groups is 2. The number of aromatic nitrogens is 1. The molecule has 1 unspecified atom stereocenters. The monoisotopic (exact) mass is 748 g/mol. The van der Waals surface area contributed by atoms with Crippen molar-refractivity contribution >= 4 is 86.9 Å². The molecule has 1 N–H and O–H groups in total. The van der Waals surface area contributed by atoms with E-state index in [0.29, 0.717) is 0 Å². The summed E-state index contributed by atoms with van der Waals surface area (Å²) in [7, 11) is 0. The number of nitrogens with one attached hydrogen (secondary N) is 1. The van der Waals surface area contributed by atoms with Crippen LogP contribution in [0.1, 0.15) is 22.9 Å². The molecule has 11 aromatic rings. The maximum absolute atomic E-state index is 6.92. The zero-order valence-corrected chi connectivity index (χ0v) is 31.4. The fourth-order valence-corrected chi connectivity index (χ4v) is 9.93. The SMILES string of the molecule is c1ccc(C2=NC(c3cccc4oc5c(-n6c7ccccc7c7c8sc9ccccc9c8ccc76)cccc5c34)N=C(c3ccc(-c4ccccc4)cc3)N2)cc1. The van der Waals surface area contributed by atoms with E-state index in [0.717, 1.165) is 72.6 Å². The lowest BCUT2D eigenvalue weighted by Gasteiger charge is -2.23. The number of hydrogen-bond donors (Lipinski definition) is 1. The van der Waals surface area contributed by atoms with Crippen molar-refractivity contribution in [1.82, 2.24) is 9.88 Å². The number of rotatable bonds is 5. The van der Waals surface area contributed by atoms with Crippen LogP contribution in [0.25, 0.3) is 80.7 Å². The van der Waals surface area contributed by atoms with Crippen molar-refractivity contribution in [3.05, 3.63) is 199 Å². The lowest BCUT2D eigenvalue weighted by molar-refractivity contribution is 0.665. The van der Waals surface area contributed by atoms with Crippen molar-refractivity contribution < 1.29 is 4.42 Å². The topological polar surface area (TPSA) is 54.8 Å². The van der Waals surface area contributed by atoms with Crippen LogP contribution in [0, 0.1) is 0 Å². The van der Waals surface area contributed by atoms with Gasteiger partial charge in [0.15, 0.2) is 11.7 Å². The van der Waals surface area contributed by atoms with Gasteiger partial charge in [-0.05, 0) is 41.5 Å². The van der Waals surface area contributed by atoms with E-state index < -0.39 is 6.17 Å². The standard InChI is InChI=1S/C51H32N4OS/c1-3-13-31(14-4-1)32-25-27-34(28-26-32)50-52-49(33-15-5-2-6-16-33)53-51(54-50)39-20-12-23-43-45(39)38-19-11-22-42(47(38)56-43)55-40-21-9-7-18-37(40)46-41(55)30-29-36-35-17-8-10-24-44(35)57-48(36)46/h1-30,51H,(H,52,53,54). The molecule has 0 fully saturated rings. The van der Waals surface area contributed by atoms with Crippen LogP contribution in [0.3, 0.4) is 0 Å². The molecule has 0 aliphatic carbocycles. The van der Waals surface area contributed by atoms with Crippen LogP contribution in [-0.4, -0.2) is 16.2 Å². The van der Waals surface area contributed by atoms with E-state index in [2.05, 4.69) is 168 Å². The second kappa shape index (κ2) is 12.6. The molecule has 12 rings (SSSR count). The highest BCUT2D eigenvalue weighted by Gasteiger charge is 2.26. The average molecular weight is 749 g/mol. The molecular weight excluding hydrogens is 717 g/mol. The molecule has 1 atom stereocenters. The summed E-state index contributed by atoms with van der Waals surface area (Å²) in [5.74, 6) is 1.55. The molecule has 1 aliphatic heterocycles. The first-order chi connectivity index (χ1) is 28.3. The minimum Gasteiger partial charge on any atom is -0.454 e. The molecule has 268 valence electrons. The fraction of sp³-hybridized carbons (Fsp3) is 0.0196. The Hall–Kier alpha value is -7.28. The summed E-state index contributed by atoms with van der Waals surface area (Å²) >= 11 is 1.87. The molecule has 0 radical (unpaired) electrons. The first kappa shape index (κ1) is 32.0. The van der Waals surface area contributed by atoms with E-state index in [9.17, 15) is 0 Å². The average Bonchev–Trinajstić information content (AvgIpc) is 3.97. The third-order valence-electron chi connectivity index (χ3n) is 11.3. The van der Waals surface area contributed by atoms with Crippen molar-refractivity contribution in [2.45, 2.75) is 6.17 Å². The molecular formula is C51H32N4OS. The summed E-state index contributed by atoms with van der Waals surface area (Å²) in [6.07, 6.45) is -0.507. The number of hydrogen-bond acceptors (Lipinski definition) is 5. The highest BCUT2D eigenvalue weighted by molar-refractivity contribution is 7.26. The number of furan rings is 1. The van der Waals surface area contributed by atoms with Crippen LogP contribution in [0.4, 0.5) is 0 Å². The molecule has 3 aromatic heterocycles. The zero-order valence-electron chi connectivity index (χ0n) is 30.6. The lowest BCUT2D eigenvalue weighted by atomic mass is 10.0. The van der Waals surface area contributed by atoms with Crippen LogP contribution >= 0.6 is 11.3 Å².